The molecule has 0 spiro atoms. The molecule has 0 aliphatic heterocycles. The Morgan fingerprint density at radius 1 is 0.163 bits per heavy atom. The van der Waals surface area contributed by atoms with Crippen molar-refractivity contribution < 1.29 is 0 Å². The molecule has 0 bridgehead atoms. The van der Waals surface area contributed by atoms with Crippen LogP contribution >= 0.6 is 92.8 Å². The van der Waals surface area contributed by atoms with E-state index >= 15 is 0 Å². The molecule has 0 fully saturated rings. The van der Waals surface area contributed by atoms with Crippen LogP contribution in [0.25, 0.3) is 22.3 Å². The maximum absolute atomic E-state index is 6.44. The molecule has 0 amide bonds. The van der Waals surface area contributed by atoms with Crippen LogP contribution in [0.3, 0.4) is 0 Å². The Balaban J connectivity index is 1.39. The summed E-state index contributed by atoms with van der Waals surface area (Å²) in [5.74, 6) is 51.1. The first-order valence-corrected chi connectivity index (χ1v) is 27.1. The molecule has 0 saturated carbocycles. The molecule has 0 unspecified atom stereocenters. The molecule has 8 heteroatoms. The second-order valence-electron chi connectivity index (χ2n) is 17.1. The Labute approximate surface area is 506 Å². The first-order chi connectivity index (χ1) is 38.9. The summed E-state index contributed by atoms with van der Waals surface area (Å²) < 4.78 is 0. The molecule has 0 N–H and O–H groups in total. The van der Waals surface area contributed by atoms with E-state index < -0.39 is 0 Å². The lowest BCUT2D eigenvalue weighted by atomic mass is 9.92. The van der Waals surface area contributed by atoms with Crippen LogP contribution in [0.1, 0.15) is 44.5 Å². The molecule has 1 aliphatic rings. The van der Waals surface area contributed by atoms with Crippen LogP contribution in [-0.4, -0.2) is 0 Å². The van der Waals surface area contributed by atoms with Crippen LogP contribution in [-0.2, 0) is 0 Å². The maximum atomic E-state index is 6.44. The van der Waals surface area contributed by atoms with Gasteiger partial charge in [-0.05, 0) is 236 Å². The van der Waals surface area contributed by atoms with Crippen LogP contribution in [0, 0.1) is 94.7 Å². The van der Waals surface area contributed by atoms with Crippen molar-refractivity contribution in [2.24, 2.45) is 0 Å². The van der Waals surface area contributed by atoms with Gasteiger partial charge in [0.1, 0.15) is 0 Å². The molecule has 1 aliphatic carbocycles. The van der Waals surface area contributed by atoms with Crippen molar-refractivity contribution in [1.82, 2.24) is 0 Å². The van der Waals surface area contributed by atoms with Crippen LogP contribution < -0.4 is 0 Å². The fourth-order valence-corrected chi connectivity index (χ4v) is 9.14. The van der Waals surface area contributed by atoms with E-state index in [0.717, 1.165) is 44.5 Å². The Morgan fingerprint density at radius 3 is 0.362 bits per heavy atom. The van der Waals surface area contributed by atoms with Crippen LogP contribution in [0.5, 0.6) is 0 Å². The lowest BCUT2D eigenvalue weighted by Gasteiger charge is -2.11. The van der Waals surface area contributed by atoms with Gasteiger partial charge < -0.3 is 0 Å². The third kappa shape index (κ3) is 15.0. The highest BCUT2D eigenvalue weighted by molar-refractivity contribution is 6.33. The third-order valence-electron chi connectivity index (χ3n) is 11.8. The SMILES string of the molecule is Clc1ccc(C(=C2C#CC#CC(=C(c3ccc(Cl)cc3)c3ccc(Cl)cc3)C#CC#CC(=C(c3ccc(Cl)cc3)c3ccc(Cl)cc3)C#CC#CC(=C(c3ccc(Cl)cc3)c3ccc(Cl)cc3)C#CC#C2)c2ccc(Cl)cc2)cc1. The minimum Gasteiger partial charge on any atom is -0.0843 e. The molecular weight excluding hydrogens is 1150 g/mol. The van der Waals surface area contributed by atoms with Gasteiger partial charge in [-0.2, -0.15) is 0 Å². The van der Waals surface area contributed by atoms with E-state index in [9.17, 15) is 0 Å². The molecule has 376 valence electrons. The zero-order chi connectivity index (χ0) is 55.8. The predicted molar refractivity (Wildman–Crippen MR) is 338 cm³/mol. The molecule has 0 atom stereocenters. The van der Waals surface area contributed by atoms with Crippen molar-refractivity contribution in [3.63, 3.8) is 0 Å². The first kappa shape index (κ1) is 56.2. The number of benzene rings is 8. The number of halogens is 8. The van der Waals surface area contributed by atoms with E-state index in [1.807, 2.05) is 97.1 Å². The topological polar surface area (TPSA) is 0 Å². The summed E-state index contributed by atoms with van der Waals surface area (Å²) in [6.07, 6.45) is 0. The largest absolute Gasteiger partial charge is 0.0848 e. The standard InChI is InChI=1S/C72H32Cl8/c73-61-33-17-53(18-34-61)69(54-19-35-62(74)36-20-54)49-9-1-2-10-50(70(55-21-37-63(75)38-22-55)56-23-39-64(76)40-24-56)12-5-6-14-52(72(59-29-45-67(79)46-30-59)60-31-47-68(80)48-32-60)16-8-7-15-51(13-4-3-11-49)71(57-25-41-65(77)42-26-57)58-27-43-66(78)44-28-58/h17-48H. The Kier molecular flexibility index (Phi) is 19.3. The van der Waals surface area contributed by atoms with Crippen molar-refractivity contribution in [1.29, 1.82) is 0 Å². The van der Waals surface area contributed by atoms with Gasteiger partial charge in [0, 0.05) is 62.5 Å². The average Bonchev–Trinajstić information content (AvgIpc) is 3.49. The molecule has 0 radical (unpaired) electrons. The van der Waals surface area contributed by atoms with E-state index in [4.69, 9.17) is 92.8 Å². The highest BCUT2D eigenvalue weighted by Gasteiger charge is 2.15. The molecule has 80 heavy (non-hydrogen) atoms. The van der Waals surface area contributed by atoms with E-state index in [1.54, 1.807) is 97.1 Å². The minimum absolute atomic E-state index is 0.403. The van der Waals surface area contributed by atoms with Crippen LogP contribution in [0.4, 0.5) is 0 Å². The predicted octanol–water partition coefficient (Wildman–Crippen LogP) is 19.3. The molecule has 0 aromatic heterocycles. The Hall–Kier alpha value is -8.48. The van der Waals surface area contributed by atoms with Crippen molar-refractivity contribution in [2.45, 2.75) is 0 Å². The molecule has 9 rings (SSSR count). The molecule has 8 aromatic carbocycles. The summed E-state index contributed by atoms with van der Waals surface area (Å²) in [5, 5.41) is 4.44. The highest BCUT2D eigenvalue weighted by atomic mass is 35.5. The molecule has 8 aromatic rings. The van der Waals surface area contributed by atoms with Gasteiger partial charge in [-0.25, -0.2) is 0 Å². The number of allylic oxidation sites excluding steroid dienone is 4. The van der Waals surface area contributed by atoms with E-state index in [1.165, 1.54) is 0 Å². The van der Waals surface area contributed by atoms with Gasteiger partial charge in [-0.15, -0.1) is 0 Å². The molecule has 0 heterocycles. The number of hydrogen-bond acceptors (Lipinski definition) is 0. The molecule has 0 saturated heterocycles. The summed E-state index contributed by atoms with van der Waals surface area (Å²) in [5.41, 5.74) is 10.6. The number of rotatable bonds is 8. The van der Waals surface area contributed by atoms with Crippen molar-refractivity contribution in [2.75, 3.05) is 0 Å². The number of hydrogen-bond donors (Lipinski definition) is 0. The zero-order valence-corrected chi connectivity index (χ0v) is 47.5. The van der Waals surface area contributed by atoms with Gasteiger partial charge >= 0.3 is 0 Å². The van der Waals surface area contributed by atoms with Crippen LogP contribution in [0.2, 0.25) is 40.2 Å². The van der Waals surface area contributed by atoms with E-state index in [2.05, 4.69) is 94.7 Å². The van der Waals surface area contributed by atoms with Gasteiger partial charge in [-0.1, -0.05) is 190 Å². The summed E-state index contributed by atoms with van der Waals surface area (Å²) >= 11 is 51.5. The monoisotopic (exact) mass is 1180 g/mol. The van der Waals surface area contributed by atoms with Gasteiger partial charge in [0.15, 0.2) is 0 Å². The maximum Gasteiger partial charge on any atom is 0.0848 e. The Morgan fingerprint density at radius 2 is 0.263 bits per heavy atom. The lowest BCUT2D eigenvalue weighted by molar-refractivity contribution is 1.53. The Bertz CT molecular complexity index is 3510. The van der Waals surface area contributed by atoms with Gasteiger partial charge in [0.25, 0.3) is 0 Å². The summed E-state index contributed by atoms with van der Waals surface area (Å²) in [6.45, 7) is 0. The third-order valence-corrected chi connectivity index (χ3v) is 13.8. The second kappa shape index (κ2) is 27.4. The van der Waals surface area contributed by atoms with E-state index in [-0.39, 0.29) is 0 Å². The molecular formula is C72H32Cl8. The fraction of sp³-hybridized carbons (Fsp3) is 0. The minimum atomic E-state index is 0.403. The van der Waals surface area contributed by atoms with Gasteiger partial charge in [0.05, 0.1) is 22.3 Å². The van der Waals surface area contributed by atoms with Gasteiger partial charge in [-0.3, -0.25) is 0 Å². The van der Waals surface area contributed by atoms with E-state index in [0.29, 0.717) is 84.8 Å². The van der Waals surface area contributed by atoms with Gasteiger partial charge in [0.2, 0.25) is 0 Å². The second-order valence-corrected chi connectivity index (χ2v) is 20.5. The zero-order valence-electron chi connectivity index (χ0n) is 41.5. The average molecular weight is 1180 g/mol. The quantitative estimate of drug-likeness (QED) is 0.133. The van der Waals surface area contributed by atoms with Crippen molar-refractivity contribution >= 4 is 115 Å². The first-order valence-electron chi connectivity index (χ1n) is 24.1. The van der Waals surface area contributed by atoms with Crippen LogP contribution in [0.15, 0.2) is 216 Å². The summed E-state index contributed by atoms with van der Waals surface area (Å²) in [6, 6.07) is 59.2. The summed E-state index contributed by atoms with van der Waals surface area (Å²) in [4.78, 5) is 0. The molecule has 0 nitrogen and oxygen atoms in total. The fourth-order valence-electron chi connectivity index (χ4n) is 8.13. The normalized spacial score (nSPS) is 11.4. The lowest BCUT2D eigenvalue weighted by Crippen LogP contribution is -1.94. The summed E-state index contributed by atoms with van der Waals surface area (Å²) in [7, 11) is 0. The van der Waals surface area contributed by atoms with Crippen molar-refractivity contribution in [3.8, 4) is 94.7 Å². The highest BCUT2D eigenvalue weighted by Crippen LogP contribution is 2.33. The van der Waals surface area contributed by atoms with Crippen molar-refractivity contribution in [3.05, 3.63) is 301 Å². The smallest absolute Gasteiger partial charge is 0.0843 e.